The van der Waals surface area contributed by atoms with Gasteiger partial charge in [0.25, 0.3) is 0 Å². The summed E-state index contributed by atoms with van der Waals surface area (Å²) in [6.45, 7) is 5.81. The first-order valence-electron chi connectivity index (χ1n) is 7.72. The maximum absolute atomic E-state index is 12.3. The molecule has 6 nitrogen and oxygen atoms in total. The van der Waals surface area contributed by atoms with Crippen LogP contribution in [0.25, 0.3) is 0 Å². The number of carbonyl (C=O) groups excluding carboxylic acids is 2. The highest BCUT2D eigenvalue weighted by molar-refractivity contribution is 5.82. The van der Waals surface area contributed by atoms with Gasteiger partial charge in [-0.15, -0.1) is 0 Å². The fourth-order valence-electron chi connectivity index (χ4n) is 2.44. The molecular weight excluding hydrogens is 296 g/mol. The summed E-state index contributed by atoms with van der Waals surface area (Å²) in [5.74, 6) is -0.451. The highest BCUT2D eigenvalue weighted by Crippen LogP contribution is 2.21. The van der Waals surface area contributed by atoms with Crippen molar-refractivity contribution in [1.82, 2.24) is 4.90 Å². The van der Waals surface area contributed by atoms with Crippen LogP contribution in [0, 0.1) is 0 Å². The number of nitrogens with two attached hydrogens (primary N) is 1. The molecule has 23 heavy (non-hydrogen) atoms. The Morgan fingerprint density at radius 2 is 1.91 bits per heavy atom. The number of hydrogen-bond donors (Lipinski definition) is 1. The smallest absolute Gasteiger partial charge is 0.411 e. The van der Waals surface area contributed by atoms with Crippen molar-refractivity contribution < 1.29 is 19.1 Å². The minimum Gasteiger partial charge on any atom is -0.459 e. The molecule has 1 heterocycles. The van der Waals surface area contributed by atoms with Gasteiger partial charge in [0, 0.05) is 12.6 Å². The van der Waals surface area contributed by atoms with E-state index in [0.29, 0.717) is 13.0 Å². The average molecular weight is 320 g/mol. The van der Waals surface area contributed by atoms with Crippen LogP contribution < -0.4 is 5.73 Å². The lowest BCUT2D eigenvalue weighted by atomic mass is 10.2. The topological polar surface area (TPSA) is 81.9 Å². The molecule has 1 fully saturated rings. The van der Waals surface area contributed by atoms with E-state index in [1.165, 1.54) is 4.90 Å². The zero-order chi connectivity index (χ0) is 17.0. The highest BCUT2D eigenvalue weighted by atomic mass is 16.6. The van der Waals surface area contributed by atoms with E-state index in [2.05, 4.69) is 0 Å². The Hall–Kier alpha value is -2.08. The normalized spacial score (nSPS) is 21.1. The number of likely N-dealkylation sites (tertiary alicyclic amines) is 1. The predicted octanol–water partition coefficient (Wildman–Crippen LogP) is 2.07. The van der Waals surface area contributed by atoms with Crippen molar-refractivity contribution in [3.8, 4) is 0 Å². The molecule has 2 rings (SSSR count). The van der Waals surface area contributed by atoms with E-state index in [9.17, 15) is 9.59 Å². The Labute approximate surface area is 136 Å². The molecule has 0 saturated carbocycles. The minimum atomic E-state index is -0.691. The van der Waals surface area contributed by atoms with E-state index in [1.54, 1.807) is 20.8 Å². The fourth-order valence-corrected chi connectivity index (χ4v) is 2.44. The molecule has 6 heteroatoms. The molecule has 1 aromatic rings. The SMILES string of the molecule is CC(C)(C)OC(=O)N1C[C@H](N)C[C@H]1C(=O)OCc1ccccc1. The number of nitrogens with zero attached hydrogens (tertiary/aromatic N) is 1. The van der Waals surface area contributed by atoms with Crippen LogP contribution in [0.1, 0.15) is 32.8 Å². The van der Waals surface area contributed by atoms with Crippen molar-refractivity contribution in [2.75, 3.05) is 6.54 Å². The first-order valence-corrected chi connectivity index (χ1v) is 7.72. The van der Waals surface area contributed by atoms with Crippen LogP contribution in [-0.4, -0.2) is 41.2 Å². The van der Waals surface area contributed by atoms with Crippen LogP contribution in [-0.2, 0) is 20.9 Å². The second kappa shape index (κ2) is 7.00. The molecule has 0 bridgehead atoms. The first kappa shape index (κ1) is 17.3. The van der Waals surface area contributed by atoms with Gasteiger partial charge in [-0.3, -0.25) is 4.90 Å². The quantitative estimate of drug-likeness (QED) is 0.862. The number of ether oxygens (including phenoxy) is 2. The van der Waals surface area contributed by atoms with Crippen molar-refractivity contribution in [2.45, 2.75) is 51.5 Å². The molecule has 1 saturated heterocycles. The number of amides is 1. The lowest BCUT2D eigenvalue weighted by molar-refractivity contribution is -0.150. The molecular formula is C17H24N2O4. The second-order valence-corrected chi connectivity index (χ2v) is 6.74. The molecule has 0 aliphatic carbocycles. The molecule has 2 atom stereocenters. The summed E-state index contributed by atoms with van der Waals surface area (Å²) in [6, 6.07) is 8.45. The zero-order valence-corrected chi connectivity index (χ0v) is 13.8. The van der Waals surface area contributed by atoms with Gasteiger partial charge in [-0.25, -0.2) is 9.59 Å². The molecule has 0 aromatic heterocycles. The Balaban J connectivity index is 1.98. The van der Waals surface area contributed by atoms with Gasteiger partial charge in [-0.1, -0.05) is 30.3 Å². The lowest BCUT2D eigenvalue weighted by Gasteiger charge is -2.27. The molecule has 126 valence electrons. The van der Waals surface area contributed by atoms with Gasteiger partial charge in [-0.2, -0.15) is 0 Å². The van der Waals surface area contributed by atoms with Crippen LogP contribution in [0.5, 0.6) is 0 Å². The maximum atomic E-state index is 12.3. The van der Waals surface area contributed by atoms with Crippen LogP contribution >= 0.6 is 0 Å². The van der Waals surface area contributed by atoms with Crippen molar-refractivity contribution >= 4 is 12.1 Å². The van der Waals surface area contributed by atoms with E-state index in [0.717, 1.165) is 5.56 Å². The van der Waals surface area contributed by atoms with Gasteiger partial charge < -0.3 is 15.2 Å². The van der Waals surface area contributed by atoms with Crippen molar-refractivity contribution in [3.05, 3.63) is 35.9 Å². The van der Waals surface area contributed by atoms with Crippen molar-refractivity contribution in [3.63, 3.8) is 0 Å². The number of hydrogen-bond acceptors (Lipinski definition) is 5. The summed E-state index contributed by atoms with van der Waals surface area (Å²) < 4.78 is 10.7. The molecule has 1 amide bonds. The predicted molar refractivity (Wildman–Crippen MR) is 85.6 cm³/mol. The number of carbonyl (C=O) groups is 2. The van der Waals surface area contributed by atoms with E-state index >= 15 is 0 Å². The van der Waals surface area contributed by atoms with Gasteiger partial charge in [0.2, 0.25) is 0 Å². The average Bonchev–Trinajstić information content (AvgIpc) is 2.86. The highest BCUT2D eigenvalue weighted by Gasteiger charge is 2.41. The standard InChI is InChI=1S/C17H24N2O4/c1-17(2,3)23-16(21)19-10-13(18)9-14(19)15(20)22-11-12-7-5-4-6-8-12/h4-8,13-14H,9-11,18H2,1-3H3/t13-,14+/m1/s1. The lowest BCUT2D eigenvalue weighted by Crippen LogP contribution is -2.44. The number of rotatable bonds is 3. The van der Waals surface area contributed by atoms with Crippen LogP contribution in [0.3, 0.4) is 0 Å². The monoisotopic (exact) mass is 320 g/mol. The van der Waals surface area contributed by atoms with Crippen molar-refractivity contribution in [1.29, 1.82) is 0 Å². The van der Waals surface area contributed by atoms with E-state index in [4.69, 9.17) is 15.2 Å². The van der Waals surface area contributed by atoms with Gasteiger partial charge in [-0.05, 0) is 32.8 Å². The summed E-state index contributed by atoms with van der Waals surface area (Å²) in [5, 5.41) is 0. The third-order valence-electron chi connectivity index (χ3n) is 3.46. The van der Waals surface area contributed by atoms with E-state index in [1.807, 2.05) is 30.3 Å². The zero-order valence-electron chi connectivity index (χ0n) is 13.8. The number of benzene rings is 1. The van der Waals surface area contributed by atoms with Gasteiger partial charge in [0.15, 0.2) is 0 Å². The summed E-state index contributed by atoms with van der Waals surface area (Å²) in [6.07, 6.45) is -0.153. The summed E-state index contributed by atoms with van der Waals surface area (Å²) in [7, 11) is 0. The third-order valence-corrected chi connectivity index (χ3v) is 3.46. The summed E-state index contributed by atoms with van der Waals surface area (Å²) in [4.78, 5) is 25.9. The first-order chi connectivity index (χ1) is 10.8. The molecule has 1 aromatic carbocycles. The largest absolute Gasteiger partial charge is 0.459 e. The summed E-state index contributed by atoms with van der Waals surface area (Å²) >= 11 is 0. The molecule has 0 unspecified atom stereocenters. The minimum absolute atomic E-state index is 0.174. The van der Waals surface area contributed by atoms with Crippen LogP contribution in [0.15, 0.2) is 30.3 Å². The molecule has 0 radical (unpaired) electrons. The van der Waals surface area contributed by atoms with Gasteiger partial charge >= 0.3 is 12.1 Å². The third kappa shape index (κ3) is 4.96. The Kier molecular flexibility index (Phi) is 5.26. The molecule has 2 N–H and O–H groups in total. The van der Waals surface area contributed by atoms with Crippen molar-refractivity contribution in [2.24, 2.45) is 5.73 Å². The van der Waals surface area contributed by atoms with E-state index in [-0.39, 0.29) is 12.6 Å². The van der Waals surface area contributed by atoms with E-state index < -0.39 is 23.7 Å². The Morgan fingerprint density at radius 1 is 1.26 bits per heavy atom. The molecule has 1 aliphatic rings. The van der Waals surface area contributed by atoms with Gasteiger partial charge in [0.1, 0.15) is 18.2 Å². The van der Waals surface area contributed by atoms with Crippen LogP contribution in [0.2, 0.25) is 0 Å². The number of esters is 1. The van der Waals surface area contributed by atoms with Crippen LogP contribution in [0.4, 0.5) is 4.79 Å². The summed E-state index contributed by atoms with van der Waals surface area (Å²) in [5.41, 5.74) is 6.18. The maximum Gasteiger partial charge on any atom is 0.411 e. The molecule has 1 aliphatic heterocycles. The Morgan fingerprint density at radius 3 is 2.52 bits per heavy atom. The Bertz CT molecular complexity index is 553. The molecule has 0 spiro atoms. The second-order valence-electron chi connectivity index (χ2n) is 6.74. The fraction of sp³-hybridized carbons (Fsp3) is 0.529. The van der Waals surface area contributed by atoms with Gasteiger partial charge in [0.05, 0.1) is 0 Å².